The molecule has 0 saturated carbocycles. The molecule has 1 aromatic rings. The predicted molar refractivity (Wildman–Crippen MR) is 73.2 cm³/mol. The quantitative estimate of drug-likeness (QED) is 0.858. The van der Waals surface area contributed by atoms with Crippen LogP contribution in [0.1, 0.15) is 15.9 Å². The average molecular weight is 265 g/mol. The van der Waals surface area contributed by atoms with Gasteiger partial charge in [0.15, 0.2) is 0 Å². The lowest BCUT2D eigenvalue weighted by molar-refractivity contribution is 0.0227. The van der Waals surface area contributed by atoms with E-state index in [4.69, 9.17) is 0 Å². The van der Waals surface area contributed by atoms with E-state index in [0.29, 0.717) is 6.04 Å². The van der Waals surface area contributed by atoms with Gasteiger partial charge in [0.05, 0.1) is 5.56 Å². The monoisotopic (exact) mass is 265 g/mol. The summed E-state index contributed by atoms with van der Waals surface area (Å²) >= 11 is 1.61. The molecule has 1 aromatic heterocycles. The number of nitrogens with zero attached hydrogens (tertiary/aromatic N) is 2. The third-order valence-electron chi connectivity index (χ3n) is 3.90. The fourth-order valence-corrected chi connectivity index (χ4v) is 3.47. The fourth-order valence-electron chi connectivity index (χ4n) is 2.65. The Bertz CT molecular complexity index is 433. The molecule has 0 bridgehead atoms. The molecule has 3 rings (SSSR count). The molecule has 0 atom stereocenters. The molecular weight excluding hydrogens is 246 g/mol. The summed E-state index contributed by atoms with van der Waals surface area (Å²) in [5.41, 5.74) is 1.99. The highest BCUT2D eigenvalue weighted by molar-refractivity contribution is 7.08. The Morgan fingerprint density at radius 3 is 2.67 bits per heavy atom. The number of carbonyl (C=O) groups is 1. The van der Waals surface area contributed by atoms with Gasteiger partial charge < -0.3 is 10.2 Å². The van der Waals surface area contributed by atoms with Crippen molar-refractivity contribution < 1.29 is 4.79 Å². The van der Waals surface area contributed by atoms with Crippen LogP contribution in [0.25, 0.3) is 0 Å². The van der Waals surface area contributed by atoms with Crippen LogP contribution in [0.4, 0.5) is 0 Å². The Labute approximate surface area is 112 Å². The first-order chi connectivity index (χ1) is 8.75. The van der Waals surface area contributed by atoms with Crippen molar-refractivity contribution in [1.29, 1.82) is 0 Å². The number of carbonyl (C=O) groups excluding carboxylic acids is 1. The summed E-state index contributed by atoms with van der Waals surface area (Å²) in [5.74, 6) is 0.208. The minimum atomic E-state index is 0.208. The van der Waals surface area contributed by atoms with E-state index in [2.05, 4.69) is 10.2 Å². The molecule has 2 aliphatic heterocycles. The minimum Gasteiger partial charge on any atom is -0.335 e. The van der Waals surface area contributed by atoms with Gasteiger partial charge in [0.2, 0.25) is 0 Å². The number of rotatable bonds is 2. The molecular formula is C13H19N3OS. The summed E-state index contributed by atoms with van der Waals surface area (Å²) in [6, 6.07) is 0.579. The van der Waals surface area contributed by atoms with Crippen LogP contribution in [0.2, 0.25) is 0 Å². The Kier molecular flexibility index (Phi) is 3.37. The number of nitrogens with one attached hydrogen (secondary N) is 1. The lowest BCUT2D eigenvalue weighted by Gasteiger charge is -2.46. The van der Waals surface area contributed by atoms with Gasteiger partial charge in [-0.25, -0.2) is 0 Å². The number of piperazine rings is 1. The smallest absolute Gasteiger partial charge is 0.255 e. The van der Waals surface area contributed by atoms with Crippen LogP contribution in [0.3, 0.4) is 0 Å². The summed E-state index contributed by atoms with van der Waals surface area (Å²) in [4.78, 5) is 16.7. The van der Waals surface area contributed by atoms with E-state index >= 15 is 0 Å². The van der Waals surface area contributed by atoms with Gasteiger partial charge in [0.25, 0.3) is 5.91 Å². The standard InChI is InChI=1S/C13H19N3OS/c1-10-8-18-9-12(10)13(17)16-6-11(7-16)15-4-2-14-3-5-15/h8-9,11,14H,2-7H2,1H3. The van der Waals surface area contributed by atoms with Gasteiger partial charge in [-0.3, -0.25) is 9.69 Å². The van der Waals surface area contributed by atoms with Crippen LogP contribution in [0.15, 0.2) is 10.8 Å². The molecule has 98 valence electrons. The van der Waals surface area contributed by atoms with Crippen LogP contribution in [0.5, 0.6) is 0 Å². The first-order valence-electron chi connectivity index (χ1n) is 6.52. The highest BCUT2D eigenvalue weighted by Gasteiger charge is 2.35. The second kappa shape index (κ2) is 4.99. The molecule has 2 fully saturated rings. The molecule has 0 spiro atoms. The van der Waals surface area contributed by atoms with Crippen LogP contribution < -0.4 is 5.32 Å². The largest absolute Gasteiger partial charge is 0.335 e. The van der Waals surface area contributed by atoms with Crippen molar-refractivity contribution in [3.05, 3.63) is 21.9 Å². The number of thiophene rings is 1. The van der Waals surface area contributed by atoms with E-state index in [1.54, 1.807) is 11.3 Å². The van der Waals surface area contributed by atoms with Gasteiger partial charge in [0.1, 0.15) is 0 Å². The first kappa shape index (κ1) is 12.1. The second-order valence-corrected chi connectivity index (χ2v) is 5.86. The van der Waals surface area contributed by atoms with Crippen molar-refractivity contribution in [3.8, 4) is 0 Å². The summed E-state index contributed by atoms with van der Waals surface area (Å²) in [6.45, 7) is 8.19. The molecule has 2 aliphatic rings. The van der Waals surface area contributed by atoms with E-state index in [1.165, 1.54) is 0 Å². The van der Waals surface area contributed by atoms with Crippen molar-refractivity contribution >= 4 is 17.2 Å². The normalized spacial score (nSPS) is 21.9. The molecule has 0 radical (unpaired) electrons. The van der Waals surface area contributed by atoms with Crippen molar-refractivity contribution in [2.24, 2.45) is 0 Å². The molecule has 4 nitrogen and oxygen atoms in total. The first-order valence-corrected chi connectivity index (χ1v) is 7.47. The van der Waals surface area contributed by atoms with Gasteiger partial charge in [0, 0.05) is 50.7 Å². The van der Waals surface area contributed by atoms with E-state index in [9.17, 15) is 4.79 Å². The summed E-state index contributed by atoms with van der Waals surface area (Å²) in [6.07, 6.45) is 0. The Morgan fingerprint density at radius 1 is 1.33 bits per heavy atom. The molecule has 18 heavy (non-hydrogen) atoms. The highest BCUT2D eigenvalue weighted by Crippen LogP contribution is 2.22. The molecule has 5 heteroatoms. The Morgan fingerprint density at radius 2 is 2.06 bits per heavy atom. The van der Waals surface area contributed by atoms with Crippen LogP contribution >= 0.6 is 11.3 Å². The van der Waals surface area contributed by atoms with Crippen LogP contribution in [-0.4, -0.2) is 61.0 Å². The predicted octanol–water partition coefficient (Wildman–Crippen LogP) is 0.786. The molecule has 0 unspecified atom stereocenters. The maximum Gasteiger partial charge on any atom is 0.255 e. The molecule has 0 aliphatic carbocycles. The molecule has 0 aromatic carbocycles. The van der Waals surface area contributed by atoms with Crippen LogP contribution in [-0.2, 0) is 0 Å². The third-order valence-corrected chi connectivity index (χ3v) is 4.76. The van der Waals surface area contributed by atoms with Gasteiger partial charge >= 0.3 is 0 Å². The number of hydrogen-bond acceptors (Lipinski definition) is 4. The van der Waals surface area contributed by atoms with E-state index in [1.807, 2.05) is 22.6 Å². The van der Waals surface area contributed by atoms with Gasteiger partial charge in [-0.15, -0.1) is 0 Å². The number of hydrogen-bond donors (Lipinski definition) is 1. The van der Waals surface area contributed by atoms with E-state index in [-0.39, 0.29) is 5.91 Å². The lowest BCUT2D eigenvalue weighted by Crippen LogP contribution is -2.63. The summed E-state index contributed by atoms with van der Waals surface area (Å²) in [7, 11) is 0. The van der Waals surface area contributed by atoms with Crippen molar-refractivity contribution in [2.45, 2.75) is 13.0 Å². The van der Waals surface area contributed by atoms with Crippen molar-refractivity contribution in [2.75, 3.05) is 39.3 Å². The van der Waals surface area contributed by atoms with Gasteiger partial charge in [-0.1, -0.05) is 0 Å². The number of aryl methyl sites for hydroxylation is 1. The minimum absolute atomic E-state index is 0.208. The zero-order valence-corrected chi connectivity index (χ0v) is 11.5. The SMILES string of the molecule is Cc1cscc1C(=O)N1CC(N2CCNCC2)C1. The maximum atomic E-state index is 12.2. The average Bonchev–Trinajstić information content (AvgIpc) is 2.75. The Hall–Kier alpha value is -0.910. The van der Waals surface area contributed by atoms with E-state index < -0.39 is 0 Å². The topological polar surface area (TPSA) is 35.6 Å². The second-order valence-electron chi connectivity index (χ2n) is 5.12. The molecule has 2 saturated heterocycles. The Balaban J connectivity index is 1.55. The summed E-state index contributed by atoms with van der Waals surface area (Å²) < 4.78 is 0. The zero-order valence-electron chi connectivity index (χ0n) is 10.7. The molecule has 1 amide bonds. The van der Waals surface area contributed by atoms with Gasteiger partial charge in [-0.2, -0.15) is 11.3 Å². The van der Waals surface area contributed by atoms with Crippen molar-refractivity contribution in [1.82, 2.24) is 15.1 Å². The van der Waals surface area contributed by atoms with E-state index in [0.717, 1.165) is 50.4 Å². The van der Waals surface area contributed by atoms with Crippen LogP contribution in [0, 0.1) is 6.92 Å². The lowest BCUT2D eigenvalue weighted by atomic mass is 10.0. The summed E-state index contributed by atoms with van der Waals surface area (Å²) in [5, 5.41) is 7.37. The zero-order chi connectivity index (χ0) is 12.5. The van der Waals surface area contributed by atoms with Crippen molar-refractivity contribution in [3.63, 3.8) is 0 Å². The highest BCUT2D eigenvalue weighted by atomic mass is 32.1. The fraction of sp³-hybridized carbons (Fsp3) is 0.615. The number of amides is 1. The maximum absolute atomic E-state index is 12.2. The third kappa shape index (κ3) is 2.18. The molecule has 1 N–H and O–H groups in total. The number of likely N-dealkylation sites (tertiary alicyclic amines) is 1. The molecule has 3 heterocycles. The van der Waals surface area contributed by atoms with Gasteiger partial charge in [-0.05, 0) is 17.9 Å².